The zero-order chi connectivity index (χ0) is 14.5. The molecule has 0 aromatic heterocycles. The van der Waals surface area contributed by atoms with Gasteiger partial charge in [0.25, 0.3) is 0 Å². The van der Waals surface area contributed by atoms with Gasteiger partial charge in [-0.2, -0.15) is 0 Å². The van der Waals surface area contributed by atoms with E-state index in [1.807, 2.05) is 0 Å². The third kappa shape index (κ3) is 3.44. The van der Waals surface area contributed by atoms with Crippen molar-refractivity contribution >= 4 is 11.9 Å². The molecule has 0 saturated carbocycles. The standard InChI is InChI=1S/C15H18O4/c1-4-11-19-13(18)15(3)8-6-5-7-14(2,9-10-15)12(16)17/h4-10H,1,11H2,2-3H3,(H,16,17)/b7-5-,8-6-,10-9?. The fourth-order valence-electron chi connectivity index (χ4n) is 1.54. The summed E-state index contributed by atoms with van der Waals surface area (Å²) in [6.45, 7) is 6.85. The van der Waals surface area contributed by atoms with E-state index in [0.717, 1.165) is 0 Å². The number of hydrogen-bond donors (Lipinski definition) is 1. The van der Waals surface area contributed by atoms with Crippen molar-refractivity contribution in [1.29, 1.82) is 0 Å². The van der Waals surface area contributed by atoms with Crippen LogP contribution in [0, 0.1) is 10.8 Å². The fourth-order valence-corrected chi connectivity index (χ4v) is 1.54. The number of allylic oxidation sites excluding steroid dienone is 2. The van der Waals surface area contributed by atoms with Crippen LogP contribution in [-0.4, -0.2) is 23.7 Å². The summed E-state index contributed by atoms with van der Waals surface area (Å²) in [5.41, 5.74) is -2.12. The second kappa shape index (κ2) is 5.69. The number of rotatable bonds is 4. The topological polar surface area (TPSA) is 63.6 Å². The molecule has 2 atom stereocenters. The number of hydrogen-bond acceptors (Lipinski definition) is 3. The minimum atomic E-state index is -1.13. The Morgan fingerprint density at radius 1 is 1.16 bits per heavy atom. The lowest BCUT2D eigenvalue weighted by molar-refractivity contribution is -0.148. The van der Waals surface area contributed by atoms with Gasteiger partial charge in [0, 0.05) is 0 Å². The lowest BCUT2D eigenvalue weighted by Crippen LogP contribution is -2.29. The molecule has 1 N–H and O–H groups in total. The van der Waals surface area contributed by atoms with Gasteiger partial charge >= 0.3 is 11.9 Å². The molecule has 0 aliphatic heterocycles. The molecule has 4 nitrogen and oxygen atoms in total. The lowest BCUT2D eigenvalue weighted by atomic mass is 9.81. The first-order valence-electron chi connectivity index (χ1n) is 5.93. The molecule has 0 spiro atoms. The smallest absolute Gasteiger partial charge is 0.319 e. The number of carboxylic acid groups (broad SMARTS) is 1. The van der Waals surface area contributed by atoms with Crippen molar-refractivity contribution in [2.45, 2.75) is 13.8 Å². The number of carboxylic acids is 1. The maximum Gasteiger partial charge on any atom is 0.319 e. The normalized spacial score (nSPS) is 32.7. The van der Waals surface area contributed by atoms with Crippen molar-refractivity contribution in [3.63, 3.8) is 0 Å². The Balaban J connectivity index is 3.07. The van der Waals surface area contributed by atoms with Crippen molar-refractivity contribution in [2.75, 3.05) is 6.61 Å². The minimum Gasteiger partial charge on any atom is -0.480 e. The summed E-state index contributed by atoms with van der Waals surface area (Å²) < 4.78 is 5.03. The molecule has 0 heterocycles. The molecule has 0 aromatic carbocycles. The van der Waals surface area contributed by atoms with Crippen molar-refractivity contribution in [2.24, 2.45) is 10.8 Å². The molecule has 0 bridgehead atoms. The molecule has 102 valence electrons. The van der Waals surface area contributed by atoms with E-state index in [1.165, 1.54) is 12.2 Å². The first-order chi connectivity index (χ1) is 8.84. The van der Waals surface area contributed by atoms with E-state index in [1.54, 1.807) is 44.2 Å². The summed E-state index contributed by atoms with van der Waals surface area (Å²) in [6.07, 6.45) is 11.1. The Labute approximate surface area is 112 Å². The quantitative estimate of drug-likeness (QED) is 0.624. The number of carbonyl (C=O) groups excluding carboxylic acids is 1. The maximum atomic E-state index is 12.0. The number of aliphatic carboxylic acids is 1. The van der Waals surface area contributed by atoms with Crippen molar-refractivity contribution in [1.82, 2.24) is 0 Å². The molecule has 4 heteroatoms. The van der Waals surface area contributed by atoms with Crippen molar-refractivity contribution in [3.8, 4) is 0 Å². The van der Waals surface area contributed by atoms with E-state index in [-0.39, 0.29) is 6.61 Å². The highest BCUT2D eigenvalue weighted by atomic mass is 16.5. The van der Waals surface area contributed by atoms with E-state index < -0.39 is 22.8 Å². The molecular formula is C15H18O4. The number of esters is 1. The van der Waals surface area contributed by atoms with Crippen LogP contribution in [-0.2, 0) is 14.3 Å². The van der Waals surface area contributed by atoms with Crippen LogP contribution in [0.15, 0.2) is 49.1 Å². The Hall–Kier alpha value is -2.10. The minimum absolute atomic E-state index is 0.127. The molecular weight excluding hydrogens is 244 g/mol. The zero-order valence-corrected chi connectivity index (χ0v) is 11.1. The Morgan fingerprint density at radius 2 is 1.68 bits per heavy atom. The lowest BCUT2D eigenvalue weighted by Gasteiger charge is -2.24. The number of ether oxygens (including phenoxy) is 1. The monoisotopic (exact) mass is 262 g/mol. The second-order valence-corrected chi connectivity index (χ2v) is 4.81. The van der Waals surface area contributed by atoms with Gasteiger partial charge in [-0.1, -0.05) is 49.1 Å². The SMILES string of the molecule is C=CCOC(=O)C1(C)C=CC(C)(C(=O)O)/C=C\C=C/1. The largest absolute Gasteiger partial charge is 0.480 e. The summed E-state index contributed by atoms with van der Waals surface area (Å²) in [5, 5.41) is 9.21. The van der Waals surface area contributed by atoms with Crippen LogP contribution in [0.4, 0.5) is 0 Å². The molecule has 0 aromatic rings. The van der Waals surface area contributed by atoms with Crippen molar-refractivity contribution in [3.05, 3.63) is 49.1 Å². The highest BCUT2D eigenvalue weighted by Gasteiger charge is 2.33. The first-order valence-corrected chi connectivity index (χ1v) is 5.93. The van der Waals surface area contributed by atoms with Crippen LogP contribution in [0.3, 0.4) is 0 Å². The van der Waals surface area contributed by atoms with E-state index in [2.05, 4.69) is 6.58 Å². The third-order valence-corrected chi connectivity index (χ3v) is 3.00. The zero-order valence-electron chi connectivity index (χ0n) is 11.1. The summed E-state index contributed by atoms with van der Waals surface area (Å²) >= 11 is 0. The first kappa shape index (κ1) is 15.0. The summed E-state index contributed by atoms with van der Waals surface area (Å²) in [4.78, 5) is 23.2. The second-order valence-electron chi connectivity index (χ2n) is 4.81. The Bertz CT molecular complexity index is 473. The van der Waals surface area contributed by atoms with E-state index >= 15 is 0 Å². The van der Waals surface area contributed by atoms with Gasteiger partial charge in [-0.3, -0.25) is 9.59 Å². The fraction of sp³-hybridized carbons (Fsp3) is 0.333. The molecule has 0 saturated heterocycles. The average Bonchev–Trinajstić information content (AvgIpc) is 2.36. The number of carbonyl (C=O) groups is 2. The van der Waals surface area contributed by atoms with Gasteiger partial charge in [-0.25, -0.2) is 0 Å². The highest BCUT2D eigenvalue weighted by molar-refractivity contribution is 5.83. The third-order valence-electron chi connectivity index (χ3n) is 3.00. The van der Waals surface area contributed by atoms with Gasteiger partial charge in [0.05, 0.1) is 0 Å². The van der Waals surface area contributed by atoms with Crippen LogP contribution in [0.2, 0.25) is 0 Å². The molecule has 0 fully saturated rings. The van der Waals surface area contributed by atoms with Gasteiger partial charge in [0.15, 0.2) is 0 Å². The molecule has 2 unspecified atom stereocenters. The van der Waals surface area contributed by atoms with Crippen molar-refractivity contribution < 1.29 is 19.4 Å². The van der Waals surface area contributed by atoms with Gasteiger partial charge in [0.1, 0.15) is 17.4 Å². The molecule has 19 heavy (non-hydrogen) atoms. The van der Waals surface area contributed by atoms with Crippen LogP contribution in [0.5, 0.6) is 0 Å². The van der Waals surface area contributed by atoms with Gasteiger partial charge in [-0.05, 0) is 13.8 Å². The highest BCUT2D eigenvalue weighted by Crippen LogP contribution is 2.30. The Morgan fingerprint density at radius 3 is 2.21 bits per heavy atom. The van der Waals surface area contributed by atoms with Gasteiger partial charge in [-0.15, -0.1) is 0 Å². The summed E-state index contributed by atoms with van der Waals surface area (Å²) in [6, 6.07) is 0. The van der Waals surface area contributed by atoms with E-state index in [4.69, 9.17) is 4.74 Å². The van der Waals surface area contributed by atoms with E-state index in [9.17, 15) is 14.7 Å². The molecule has 1 aliphatic rings. The molecule has 1 aliphatic carbocycles. The molecule has 0 amide bonds. The summed E-state index contributed by atoms with van der Waals surface area (Å²) in [5.74, 6) is -1.42. The van der Waals surface area contributed by atoms with Gasteiger partial charge < -0.3 is 9.84 Å². The van der Waals surface area contributed by atoms with Crippen LogP contribution in [0.25, 0.3) is 0 Å². The summed E-state index contributed by atoms with van der Waals surface area (Å²) in [7, 11) is 0. The van der Waals surface area contributed by atoms with Crippen LogP contribution >= 0.6 is 0 Å². The Kier molecular flexibility index (Phi) is 4.48. The van der Waals surface area contributed by atoms with Crippen LogP contribution < -0.4 is 0 Å². The average molecular weight is 262 g/mol. The predicted molar refractivity (Wildman–Crippen MR) is 72.4 cm³/mol. The molecule has 0 radical (unpaired) electrons. The van der Waals surface area contributed by atoms with E-state index in [0.29, 0.717) is 0 Å². The predicted octanol–water partition coefficient (Wildman–Crippen LogP) is 2.50. The van der Waals surface area contributed by atoms with Gasteiger partial charge in [0.2, 0.25) is 0 Å². The maximum absolute atomic E-state index is 12.0. The molecule has 1 rings (SSSR count). The van der Waals surface area contributed by atoms with Crippen LogP contribution in [0.1, 0.15) is 13.8 Å².